The Bertz CT molecular complexity index is 1080. The molecule has 0 radical (unpaired) electrons. The van der Waals surface area contributed by atoms with Crippen LogP contribution in [-0.4, -0.2) is 41.9 Å². The highest BCUT2D eigenvalue weighted by Crippen LogP contribution is 2.28. The molecule has 0 aromatic heterocycles. The lowest BCUT2D eigenvalue weighted by Gasteiger charge is -2.08. The first-order valence-electron chi connectivity index (χ1n) is 10.3. The molecule has 0 spiro atoms. The van der Waals surface area contributed by atoms with Gasteiger partial charge in [0.25, 0.3) is 5.24 Å². The lowest BCUT2D eigenvalue weighted by Crippen LogP contribution is -2.25. The van der Waals surface area contributed by atoms with Crippen molar-refractivity contribution in [2.75, 3.05) is 13.7 Å². The van der Waals surface area contributed by atoms with Gasteiger partial charge in [-0.3, -0.25) is 24.5 Å². The summed E-state index contributed by atoms with van der Waals surface area (Å²) in [6.07, 6.45) is 4.22. The van der Waals surface area contributed by atoms with Crippen molar-refractivity contribution >= 4 is 40.9 Å². The van der Waals surface area contributed by atoms with E-state index in [1.54, 1.807) is 24.3 Å². The molecule has 0 bridgehead atoms. The van der Waals surface area contributed by atoms with Gasteiger partial charge in [-0.1, -0.05) is 42.1 Å². The highest BCUT2D eigenvalue weighted by molar-refractivity contribution is 8.15. The van der Waals surface area contributed by atoms with Gasteiger partial charge in [0.15, 0.2) is 11.5 Å². The van der Waals surface area contributed by atoms with E-state index in [0.29, 0.717) is 30.9 Å². The highest BCUT2D eigenvalue weighted by Gasteiger charge is 2.31. The normalized spacial score (nSPS) is 15.4. The molecule has 3 rings (SSSR count). The molecule has 1 aliphatic heterocycles. The standard InChI is InChI=1S/C24H24N2O6S/c1-15(27)32-19-9-7-17(13-20(19)31-2)8-10-22(28)25-12-11-16-3-5-18(6-4-16)14-21-23(29)26-24(30)33-21/h3-10,13,21H,11-12,14H2,1-2H3,(H,25,28)(H,26,29,30)/t21-/m1/s1. The summed E-state index contributed by atoms with van der Waals surface area (Å²) in [6, 6.07) is 12.8. The van der Waals surface area contributed by atoms with Crippen LogP contribution in [-0.2, 0) is 27.2 Å². The van der Waals surface area contributed by atoms with Crippen molar-refractivity contribution in [2.45, 2.75) is 25.0 Å². The van der Waals surface area contributed by atoms with Gasteiger partial charge in [0.05, 0.1) is 12.4 Å². The molecule has 2 aromatic carbocycles. The number of ether oxygens (including phenoxy) is 2. The van der Waals surface area contributed by atoms with Crippen molar-refractivity contribution < 1.29 is 28.7 Å². The molecule has 2 N–H and O–H groups in total. The molecule has 0 saturated carbocycles. The van der Waals surface area contributed by atoms with Crippen LogP contribution in [0.5, 0.6) is 11.5 Å². The van der Waals surface area contributed by atoms with Gasteiger partial charge < -0.3 is 14.8 Å². The number of imide groups is 1. The summed E-state index contributed by atoms with van der Waals surface area (Å²) in [6.45, 7) is 1.78. The number of thioether (sulfide) groups is 1. The average Bonchev–Trinajstić information content (AvgIpc) is 3.10. The quantitative estimate of drug-likeness (QED) is 0.331. The fourth-order valence-corrected chi connectivity index (χ4v) is 4.03. The van der Waals surface area contributed by atoms with E-state index < -0.39 is 5.97 Å². The molecule has 8 nitrogen and oxygen atoms in total. The second kappa shape index (κ2) is 11.3. The Morgan fingerprint density at radius 2 is 1.82 bits per heavy atom. The highest BCUT2D eigenvalue weighted by atomic mass is 32.2. The number of benzene rings is 2. The molecule has 1 atom stereocenters. The Hall–Kier alpha value is -3.59. The maximum Gasteiger partial charge on any atom is 0.308 e. The summed E-state index contributed by atoms with van der Waals surface area (Å²) in [7, 11) is 1.47. The summed E-state index contributed by atoms with van der Waals surface area (Å²) >= 11 is 1.02. The Kier molecular flexibility index (Phi) is 8.26. The van der Waals surface area contributed by atoms with Crippen LogP contribution >= 0.6 is 11.8 Å². The van der Waals surface area contributed by atoms with Gasteiger partial charge in [-0.05, 0) is 47.7 Å². The predicted octanol–water partition coefficient (Wildman–Crippen LogP) is 2.89. The second-order valence-corrected chi connectivity index (χ2v) is 8.46. The number of amides is 3. The minimum Gasteiger partial charge on any atom is -0.493 e. The van der Waals surface area contributed by atoms with Gasteiger partial charge in [0, 0.05) is 19.5 Å². The molecule has 2 aromatic rings. The lowest BCUT2D eigenvalue weighted by atomic mass is 10.1. The molecule has 1 aliphatic rings. The minimum atomic E-state index is -0.442. The van der Waals surface area contributed by atoms with Crippen molar-refractivity contribution in [2.24, 2.45) is 0 Å². The Balaban J connectivity index is 1.45. The van der Waals surface area contributed by atoms with E-state index in [1.165, 1.54) is 20.1 Å². The number of hydrogen-bond donors (Lipinski definition) is 2. The van der Waals surface area contributed by atoms with Crippen LogP contribution in [0, 0.1) is 0 Å². The zero-order chi connectivity index (χ0) is 23.8. The predicted molar refractivity (Wildman–Crippen MR) is 125 cm³/mol. The number of rotatable bonds is 9. The first-order valence-corrected chi connectivity index (χ1v) is 11.1. The van der Waals surface area contributed by atoms with Crippen LogP contribution in [0.15, 0.2) is 48.5 Å². The lowest BCUT2D eigenvalue weighted by molar-refractivity contribution is -0.132. The fourth-order valence-electron chi connectivity index (χ4n) is 3.17. The van der Waals surface area contributed by atoms with Gasteiger partial charge in [-0.25, -0.2) is 0 Å². The summed E-state index contributed by atoms with van der Waals surface area (Å²) in [5, 5.41) is 4.44. The van der Waals surface area contributed by atoms with Gasteiger partial charge in [0.1, 0.15) is 0 Å². The molecule has 1 fully saturated rings. The van der Waals surface area contributed by atoms with Crippen molar-refractivity contribution in [1.82, 2.24) is 10.6 Å². The van der Waals surface area contributed by atoms with E-state index in [1.807, 2.05) is 24.3 Å². The second-order valence-electron chi connectivity index (χ2n) is 7.28. The van der Waals surface area contributed by atoms with Gasteiger partial charge in [-0.2, -0.15) is 0 Å². The molecule has 1 heterocycles. The van der Waals surface area contributed by atoms with Crippen LogP contribution in [0.4, 0.5) is 4.79 Å². The summed E-state index contributed by atoms with van der Waals surface area (Å²) in [5.41, 5.74) is 2.75. The van der Waals surface area contributed by atoms with Crippen molar-refractivity contribution in [3.8, 4) is 11.5 Å². The average molecular weight is 469 g/mol. The smallest absolute Gasteiger partial charge is 0.308 e. The van der Waals surface area contributed by atoms with Crippen LogP contribution in [0.25, 0.3) is 6.08 Å². The van der Waals surface area contributed by atoms with Gasteiger partial charge in [0.2, 0.25) is 11.8 Å². The van der Waals surface area contributed by atoms with Crippen molar-refractivity contribution in [3.63, 3.8) is 0 Å². The van der Waals surface area contributed by atoms with Gasteiger partial charge >= 0.3 is 5.97 Å². The Labute approximate surface area is 195 Å². The third-order valence-corrected chi connectivity index (χ3v) is 5.77. The molecule has 33 heavy (non-hydrogen) atoms. The molecule has 1 saturated heterocycles. The van der Waals surface area contributed by atoms with E-state index in [0.717, 1.165) is 28.5 Å². The third-order valence-electron chi connectivity index (χ3n) is 4.79. The van der Waals surface area contributed by atoms with Crippen molar-refractivity contribution in [1.29, 1.82) is 0 Å². The molecular formula is C24H24N2O6S. The molecule has 3 amide bonds. The van der Waals surface area contributed by atoms with E-state index >= 15 is 0 Å². The monoisotopic (exact) mass is 468 g/mol. The van der Waals surface area contributed by atoms with E-state index in [2.05, 4.69) is 10.6 Å². The van der Waals surface area contributed by atoms with Crippen LogP contribution in [0.1, 0.15) is 23.6 Å². The van der Waals surface area contributed by atoms with Crippen LogP contribution in [0.3, 0.4) is 0 Å². The number of carbonyl (C=O) groups is 4. The molecule has 0 aliphatic carbocycles. The largest absolute Gasteiger partial charge is 0.493 e. The van der Waals surface area contributed by atoms with E-state index in [-0.39, 0.29) is 22.3 Å². The number of methoxy groups -OCH3 is 1. The minimum absolute atomic E-state index is 0.233. The van der Waals surface area contributed by atoms with Crippen molar-refractivity contribution in [3.05, 3.63) is 65.2 Å². The SMILES string of the molecule is COc1cc(C=CC(=O)NCCc2ccc(C[C@H]3SC(=O)NC3=O)cc2)ccc1OC(C)=O. The maximum absolute atomic E-state index is 12.1. The Morgan fingerprint density at radius 1 is 1.09 bits per heavy atom. The number of nitrogens with one attached hydrogen (secondary N) is 2. The maximum atomic E-state index is 12.1. The topological polar surface area (TPSA) is 111 Å². The first kappa shape index (κ1) is 24.1. The number of carbonyl (C=O) groups excluding carboxylic acids is 4. The summed E-state index contributed by atoms with van der Waals surface area (Å²) in [5.74, 6) is -0.208. The van der Waals surface area contributed by atoms with E-state index in [4.69, 9.17) is 9.47 Å². The fraction of sp³-hybridized carbons (Fsp3) is 0.250. The molecule has 0 unspecified atom stereocenters. The van der Waals surface area contributed by atoms with Gasteiger partial charge in [-0.15, -0.1) is 0 Å². The number of esters is 1. The number of hydrogen-bond acceptors (Lipinski definition) is 7. The zero-order valence-corrected chi connectivity index (χ0v) is 19.1. The van der Waals surface area contributed by atoms with Crippen LogP contribution in [0.2, 0.25) is 0 Å². The molecule has 172 valence electrons. The third kappa shape index (κ3) is 7.21. The Morgan fingerprint density at radius 3 is 2.45 bits per heavy atom. The molecular weight excluding hydrogens is 444 g/mol. The first-order chi connectivity index (χ1) is 15.8. The molecule has 9 heteroatoms. The van der Waals surface area contributed by atoms with E-state index in [9.17, 15) is 19.2 Å². The zero-order valence-electron chi connectivity index (χ0n) is 18.3. The summed E-state index contributed by atoms with van der Waals surface area (Å²) < 4.78 is 10.3. The van der Waals surface area contributed by atoms with Crippen LogP contribution < -0.4 is 20.1 Å². The summed E-state index contributed by atoms with van der Waals surface area (Å²) in [4.78, 5) is 46.2.